The average Bonchev–Trinajstić information content (AvgIpc) is 3.19. The lowest BCUT2D eigenvalue weighted by atomic mass is 9.96. The summed E-state index contributed by atoms with van der Waals surface area (Å²) in [6.45, 7) is 1.66. The number of urea groups is 1. The summed E-state index contributed by atoms with van der Waals surface area (Å²) in [5, 5.41) is 8.64. The number of thiophene rings is 1. The number of amides is 3. The molecule has 1 aliphatic heterocycles. The van der Waals surface area contributed by atoms with Gasteiger partial charge in [0.25, 0.3) is 0 Å². The molecule has 1 aromatic heterocycles. The van der Waals surface area contributed by atoms with Crippen molar-refractivity contribution < 1.29 is 14.3 Å². The van der Waals surface area contributed by atoms with Gasteiger partial charge < -0.3 is 15.0 Å². The first-order chi connectivity index (χ1) is 12.7. The Kier molecular flexibility index (Phi) is 6.12. The minimum absolute atomic E-state index is 0.0473. The zero-order chi connectivity index (χ0) is 18.4. The fraction of sp³-hybridized carbons (Fsp3) is 0.368. The number of nitrogens with one attached hydrogen (secondary N) is 2. The predicted molar refractivity (Wildman–Crippen MR) is 102 cm³/mol. The van der Waals surface area contributed by atoms with E-state index in [0.717, 1.165) is 16.3 Å². The molecule has 2 heterocycles. The van der Waals surface area contributed by atoms with Crippen molar-refractivity contribution in [2.75, 3.05) is 25.5 Å². The second kappa shape index (κ2) is 8.71. The molecule has 138 valence electrons. The van der Waals surface area contributed by atoms with Crippen LogP contribution in [0.2, 0.25) is 0 Å². The number of nitrogens with zero attached hydrogens (tertiary/aromatic N) is 1. The largest absolute Gasteiger partial charge is 0.497 e. The summed E-state index contributed by atoms with van der Waals surface area (Å²) in [4.78, 5) is 26.4. The van der Waals surface area contributed by atoms with E-state index in [1.807, 2.05) is 41.8 Å². The Morgan fingerprint density at radius 2 is 2.04 bits per heavy atom. The van der Waals surface area contributed by atoms with Gasteiger partial charge in [0.1, 0.15) is 5.75 Å². The number of piperidine rings is 1. The van der Waals surface area contributed by atoms with Crippen LogP contribution in [0.25, 0.3) is 0 Å². The zero-order valence-electron chi connectivity index (χ0n) is 14.7. The quantitative estimate of drug-likeness (QED) is 0.845. The molecule has 6 nitrogen and oxygen atoms in total. The van der Waals surface area contributed by atoms with E-state index in [4.69, 9.17) is 4.74 Å². The molecule has 2 N–H and O–H groups in total. The normalized spacial score (nSPS) is 14.7. The predicted octanol–water partition coefficient (Wildman–Crippen LogP) is 3.32. The van der Waals surface area contributed by atoms with Crippen LogP contribution in [0.15, 0.2) is 41.8 Å². The summed E-state index contributed by atoms with van der Waals surface area (Å²) in [7, 11) is 1.63. The van der Waals surface area contributed by atoms with Crippen LogP contribution in [0.1, 0.15) is 18.4 Å². The van der Waals surface area contributed by atoms with Crippen LogP contribution in [0.5, 0.6) is 5.75 Å². The smallest absolute Gasteiger partial charge is 0.322 e. The second-order valence-corrected chi connectivity index (χ2v) is 7.19. The molecule has 2 aromatic rings. The zero-order valence-corrected chi connectivity index (χ0v) is 15.6. The Hall–Kier alpha value is -2.54. The molecule has 1 fully saturated rings. The molecule has 0 aliphatic carbocycles. The molecule has 3 amide bonds. The molecule has 1 aromatic carbocycles. The number of carbonyl (C=O) groups is 2. The third-order valence-corrected chi connectivity index (χ3v) is 5.29. The van der Waals surface area contributed by atoms with Crippen molar-refractivity contribution in [2.45, 2.75) is 19.4 Å². The number of likely N-dealkylation sites (tertiary alicyclic amines) is 1. The van der Waals surface area contributed by atoms with Crippen LogP contribution in [-0.4, -0.2) is 37.0 Å². The number of hydrogen-bond acceptors (Lipinski definition) is 4. The molecule has 7 heteroatoms. The SMILES string of the molecule is COc1cccc(CNC(=O)C2CCN(C(=O)Nc3cccs3)CC2)c1. The maximum absolute atomic E-state index is 12.4. The van der Waals surface area contributed by atoms with Gasteiger partial charge in [-0.1, -0.05) is 12.1 Å². The minimum atomic E-state index is -0.0947. The van der Waals surface area contributed by atoms with Gasteiger partial charge in [-0.05, 0) is 48.1 Å². The lowest BCUT2D eigenvalue weighted by Crippen LogP contribution is -2.44. The fourth-order valence-corrected chi connectivity index (χ4v) is 3.60. The maximum atomic E-state index is 12.4. The molecule has 1 saturated heterocycles. The van der Waals surface area contributed by atoms with Crippen molar-refractivity contribution in [3.05, 3.63) is 47.3 Å². The van der Waals surface area contributed by atoms with Gasteiger partial charge >= 0.3 is 6.03 Å². The second-order valence-electron chi connectivity index (χ2n) is 6.24. The highest BCUT2D eigenvalue weighted by atomic mass is 32.1. The molecular weight excluding hydrogens is 350 g/mol. The van der Waals surface area contributed by atoms with Crippen LogP contribution in [0.3, 0.4) is 0 Å². The van der Waals surface area contributed by atoms with Crippen molar-refractivity contribution in [1.29, 1.82) is 0 Å². The van der Waals surface area contributed by atoms with Crippen LogP contribution in [-0.2, 0) is 11.3 Å². The van der Waals surface area contributed by atoms with E-state index in [1.54, 1.807) is 12.0 Å². The number of methoxy groups -OCH3 is 1. The number of rotatable bonds is 5. The van der Waals surface area contributed by atoms with Crippen molar-refractivity contribution >= 4 is 28.3 Å². The van der Waals surface area contributed by atoms with Gasteiger partial charge in [0.05, 0.1) is 12.1 Å². The third kappa shape index (κ3) is 4.76. The first-order valence-corrected chi connectivity index (χ1v) is 9.54. The summed E-state index contributed by atoms with van der Waals surface area (Å²) in [6, 6.07) is 11.3. The molecule has 0 spiro atoms. The fourth-order valence-electron chi connectivity index (χ4n) is 2.99. The van der Waals surface area contributed by atoms with Gasteiger partial charge in [0.2, 0.25) is 5.91 Å². The van der Waals surface area contributed by atoms with Gasteiger partial charge in [-0.2, -0.15) is 0 Å². The van der Waals surface area contributed by atoms with Crippen molar-refractivity contribution in [3.63, 3.8) is 0 Å². The van der Waals surface area contributed by atoms with Gasteiger partial charge in [0.15, 0.2) is 0 Å². The highest BCUT2D eigenvalue weighted by Gasteiger charge is 2.27. The molecule has 0 bridgehead atoms. The van der Waals surface area contributed by atoms with Gasteiger partial charge in [-0.3, -0.25) is 10.1 Å². The third-order valence-electron chi connectivity index (χ3n) is 4.51. The molecule has 0 unspecified atom stereocenters. The van der Waals surface area contributed by atoms with Gasteiger partial charge in [0, 0.05) is 25.6 Å². The Morgan fingerprint density at radius 3 is 2.73 bits per heavy atom. The summed E-state index contributed by atoms with van der Waals surface area (Å²) in [5.74, 6) is 0.777. The number of carbonyl (C=O) groups excluding carboxylic acids is 2. The highest BCUT2D eigenvalue weighted by molar-refractivity contribution is 7.14. The van der Waals surface area contributed by atoms with Crippen molar-refractivity contribution in [3.8, 4) is 5.75 Å². The van der Waals surface area contributed by atoms with E-state index < -0.39 is 0 Å². The average molecular weight is 373 g/mol. The van der Waals surface area contributed by atoms with Crippen LogP contribution in [0, 0.1) is 5.92 Å². The molecule has 0 atom stereocenters. The number of benzene rings is 1. The maximum Gasteiger partial charge on any atom is 0.322 e. The Labute approximate surface area is 157 Å². The number of hydrogen-bond donors (Lipinski definition) is 2. The lowest BCUT2D eigenvalue weighted by molar-refractivity contribution is -0.126. The van der Waals surface area contributed by atoms with Crippen LogP contribution >= 0.6 is 11.3 Å². The Balaban J connectivity index is 1.43. The minimum Gasteiger partial charge on any atom is -0.497 e. The summed E-state index contributed by atoms with van der Waals surface area (Å²) >= 11 is 1.50. The van der Waals surface area contributed by atoms with E-state index >= 15 is 0 Å². The van der Waals surface area contributed by atoms with E-state index in [-0.39, 0.29) is 17.9 Å². The van der Waals surface area contributed by atoms with E-state index in [0.29, 0.717) is 32.5 Å². The number of anilines is 1. The molecule has 1 aliphatic rings. The van der Waals surface area contributed by atoms with Crippen LogP contribution in [0.4, 0.5) is 9.80 Å². The molecule has 0 radical (unpaired) electrons. The number of ether oxygens (including phenoxy) is 1. The standard InChI is InChI=1S/C19H23N3O3S/c1-25-16-5-2-4-14(12-16)13-20-18(23)15-7-9-22(10-8-15)19(24)21-17-6-3-11-26-17/h2-6,11-12,15H,7-10,13H2,1H3,(H,20,23)(H,21,24). The van der Waals surface area contributed by atoms with Crippen molar-refractivity contribution in [1.82, 2.24) is 10.2 Å². The highest BCUT2D eigenvalue weighted by Crippen LogP contribution is 2.20. The molecule has 26 heavy (non-hydrogen) atoms. The van der Waals surface area contributed by atoms with E-state index in [1.165, 1.54) is 11.3 Å². The molecular formula is C19H23N3O3S. The van der Waals surface area contributed by atoms with Gasteiger partial charge in [-0.15, -0.1) is 11.3 Å². The first kappa shape index (κ1) is 18.3. The lowest BCUT2D eigenvalue weighted by Gasteiger charge is -2.31. The Morgan fingerprint density at radius 1 is 1.23 bits per heavy atom. The van der Waals surface area contributed by atoms with Crippen molar-refractivity contribution in [2.24, 2.45) is 5.92 Å². The van der Waals surface area contributed by atoms with E-state index in [2.05, 4.69) is 10.6 Å². The summed E-state index contributed by atoms with van der Waals surface area (Å²) in [6.07, 6.45) is 1.36. The van der Waals surface area contributed by atoms with E-state index in [9.17, 15) is 9.59 Å². The molecule has 0 saturated carbocycles. The van der Waals surface area contributed by atoms with Gasteiger partial charge in [-0.25, -0.2) is 4.79 Å². The first-order valence-electron chi connectivity index (χ1n) is 8.66. The summed E-state index contributed by atoms with van der Waals surface area (Å²) in [5.41, 5.74) is 1.01. The topological polar surface area (TPSA) is 70.7 Å². The molecule has 3 rings (SSSR count). The monoisotopic (exact) mass is 373 g/mol. The van der Waals surface area contributed by atoms with Crippen LogP contribution < -0.4 is 15.4 Å². The summed E-state index contributed by atoms with van der Waals surface area (Å²) < 4.78 is 5.19. The Bertz CT molecular complexity index is 740.